The molecule has 2 aromatic carbocycles. The fraction of sp³-hybridized carbons (Fsp3) is 0.594. The van der Waals surface area contributed by atoms with Crippen LogP contribution in [0.1, 0.15) is 50.2 Å². The average Bonchev–Trinajstić information content (AvgIpc) is 3.65. The number of hydrogen-bond donors (Lipinski definition) is 1. The van der Waals surface area contributed by atoms with Gasteiger partial charge in [-0.2, -0.15) is 0 Å². The lowest BCUT2D eigenvalue weighted by Crippen LogP contribution is -2.57. The number of ether oxygens (including phenoxy) is 2. The number of esters is 1. The van der Waals surface area contributed by atoms with E-state index in [0.717, 1.165) is 63.3 Å². The average molecular weight is 517 g/mol. The van der Waals surface area contributed by atoms with E-state index in [2.05, 4.69) is 16.7 Å². The summed E-state index contributed by atoms with van der Waals surface area (Å²) in [5.41, 5.74) is 0.904. The monoisotopic (exact) mass is 516 g/mol. The van der Waals surface area contributed by atoms with Crippen LogP contribution in [-0.2, 0) is 20.0 Å². The van der Waals surface area contributed by atoms with Crippen LogP contribution in [0.3, 0.4) is 0 Å². The molecule has 2 aliphatic carbocycles. The van der Waals surface area contributed by atoms with Crippen LogP contribution in [-0.4, -0.2) is 71.9 Å². The first-order chi connectivity index (χ1) is 18.4. The van der Waals surface area contributed by atoms with Crippen molar-refractivity contribution in [3.8, 4) is 0 Å². The topological polar surface area (TPSA) is 65.5 Å². The summed E-state index contributed by atoms with van der Waals surface area (Å²) in [4.78, 5) is 17.8. The number of benzene rings is 2. The number of fused-ring (bicyclic) bond motifs is 3. The van der Waals surface area contributed by atoms with Gasteiger partial charge in [-0.1, -0.05) is 67.6 Å². The minimum atomic E-state index is -1.18. The molecular weight excluding hydrogens is 476 g/mol. The van der Waals surface area contributed by atoms with Gasteiger partial charge in [0.25, 0.3) is 0 Å². The first-order valence-electron chi connectivity index (χ1n) is 14.6. The molecule has 38 heavy (non-hydrogen) atoms. The molecule has 5 aliphatic rings. The smallest absolute Gasteiger partial charge is 0.310 e. The van der Waals surface area contributed by atoms with E-state index in [1.165, 1.54) is 19.3 Å². The predicted molar refractivity (Wildman–Crippen MR) is 144 cm³/mol. The molecule has 6 heteroatoms. The summed E-state index contributed by atoms with van der Waals surface area (Å²) in [5, 5.41) is 12.2. The van der Waals surface area contributed by atoms with Gasteiger partial charge in [0.2, 0.25) is 0 Å². The molecule has 0 radical (unpaired) electrons. The van der Waals surface area contributed by atoms with E-state index in [-0.39, 0.29) is 29.0 Å². The molecule has 3 saturated heterocycles. The molecule has 0 amide bonds. The van der Waals surface area contributed by atoms with E-state index >= 15 is 0 Å². The molecule has 202 valence electrons. The first kappa shape index (κ1) is 24.8. The third-order valence-corrected chi connectivity index (χ3v) is 10.7. The third-order valence-electron chi connectivity index (χ3n) is 10.7. The lowest BCUT2D eigenvalue weighted by atomic mass is 9.53. The molecule has 2 aromatic rings. The Bertz CT molecular complexity index is 1120. The van der Waals surface area contributed by atoms with Crippen LogP contribution in [0.5, 0.6) is 0 Å². The van der Waals surface area contributed by atoms with Crippen molar-refractivity contribution in [3.05, 3.63) is 71.8 Å². The van der Waals surface area contributed by atoms with Crippen molar-refractivity contribution in [1.82, 2.24) is 9.80 Å². The van der Waals surface area contributed by atoms with Gasteiger partial charge in [0.15, 0.2) is 5.72 Å². The highest BCUT2D eigenvalue weighted by Gasteiger charge is 2.65. The molecule has 3 aliphatic heterocycles. The summed E-state index contributed by atoms with van der Waals surface area (Å²) in [6, 6.07) is 19.9. The van der Waals surface area contributed by atoms with Crippen LogP contribution in [0.2, 0.25) is 0 Å². The molecular formula is C32H40N2O4. The van der Waals surface area contributed by atoms with Gasteiger partial charge in [-0.05, 0) is 43.4 Å². The van der Waals surface area contributed by atoms with Crippen LogP contribution in [0.25, 0.3) is 0 Å². The van der Waals surface area contributed by atoms with Gasteiger partial charge >= 0.3 is 5.97 Å². The number of epoxide rings is 1. The number of piperazine rings is 1. The van der Waals surface area contributed by atoms with Gasteiger partial charge in [0, 0.05) is 49.8 Å². The molecule has 0 unspecified atom stereocenters. The number of aliphatic hydroxyl groups is 1. The molecule has 6 atom stereocenters. The third kappa shape index (κ3) is 3.95. The summed E-state index contributed by atoms with van der Waals surface area (Å²) >= 11 is 0. The van der Waals surface area contributed by atoms with Gasteiger partial charge in [-0.15, -0.1) is 0 Å². The Hall–Kier alpha value is -2.25. The van der Waals surface area contributed by atoms with Gasteiger partial charge in [0.1, 0.15) is 6.10 Å². The Morgan fingerprint density at radius 2 is 1.61 bits per heavy atom. The van der Waals surface area contributed by atoms with Crippen LogP contribution in [0, 0.1) is 23.2 Å². The SMILES string of the molecule is C[C@]12CCC[C@]3(CO3)[C@@H]1C[C@@H]1[C@H](CN3CCN(C(O)(c4ccccc4)c4ccccc4)CC3)C(=O)O[C@@H]1C2. The second-order valence-corrected chi connectivity index (χ2v) is 12.8. The summed E-state index contributed by atoms with van der Waals surface area (Å²) in [7, 11) is 0. The number of hydrogen-bond acceptors (Lipinski definition) is 6. The van der Waals surface area contributed by atoms with Crippen LogP contribution in [0.15, 0.2) is 60.7 Å². The number of carbonyl (C=O) groups is 1. The van der Waals surface area contributed by atoms with Crippen molar-refractivity contribution in [2.45, 2.75) is 56.5 Å². The molecule has 0 aromatic heterocycles. The van der Waals surface area contributed by atoms with Crippen molar-refractivity contribution in [2.24, 2.45) is 23.2 Å². The summed E-state index contributed by atoms with van der Waals surface area (Å²) in [5.74, 6) is 0.783. The quantitative estimate of drug-likeness (QED) is 0.478. The zero-order valence-electron chi connectivity index (χ0n) is 22.4. The summed E-state index contributed by atoms with van der Waals surface area (Å²) in [6.07, 6.45) is 5.73. The Morgan fingerprint density at radius 1 is 0.974 bits per heavy atom. The predicted octanol–water partition coefficient (Wildman–Crippen LogP) is 4.02. The second-order valence-electron chi connectivity index (χ2n) is 12.8. The number of rotatable bonds is 5. The fourth-order valence-corrected chi connectivity index (χ4v) is 8.57. The van der Waals surface area contributed by atoms with Gasteiger partial charge in [-0.25, -0.2) is 0 Å². The van der Waals surface area contributed by atoms with Crippen molar-refractivity contribution in [1.29, 1.82) is 0 Å². The van der Waals surface area contributed by atoms with Gasteiger partial charge in [0.05, 0.1) is 18.1 Å². The maximum Gasteiger partial charge on any atom is 0.310 e. The molecule has 7 rings (SSSR count). The first-order valence-corrected chi connectivity index (χ1v) is 14.6. The highest BCUT2D eigenvalue weighted by Crippen LogP contribution is 2.62. The summed E-state index contributed by atoms with van der Waals surface area (Å²) < 4.78 is 12.1. The highest BCUT2D eigenvalue weighted by atomic mass is 16.6. The standard InChI is InChI=1S/C32H40N2O4/c1-30-13-8-14-31(22-37-31)28(30)19-25-26(29(35)38-27(25)20-30)21-33-15-17-34(18-16-33)32(36,23-9-4-2-5-10-23)24-11-6-3-7-12-24/h2-7,9-12,25-28,36H,8,13-22H2,1H3/t25-,26+,27-,28-,30-,31+/m1/s1. The van der Waals surface area contributed by atoms with Crippen molar-refractivity contribution < 1.29 is 19.4 Å². The minimum Gasteiger partial charge on any atom is -0.462 e. The highest BCUT2D eigenvalue weighted by molar-refractivity contribution is 5.75. The maximum atomic E-state index is 13.2. The molecule has 6 nitrogen and oxygen atoms in total. The van der Waals surface area contributed by atoms with E-state index in [1.54, 1.807) is 0 Å². The Morgan fingerprint density at radius 3 is 2.21 bits per heavy atom. The van der Waals surface area contributed by atoms with Crippen LogP contribution >= 0.6 is 0 Å². The summed E-state index contributed by atoms with van der Waals surface area (Å²) in [6.45, 7) is 7.16. The maximum absolute atomic E-state index is 13.2. The van der Waals surface area contributed by atoms with Crippen LogP contribution < -0.4 is 0 Å². The zero-order valence-corrected chi connectivity index (χ0v) is 22.4. The molecule has 0 bridgehead atoms. The molecule has 5 fully saturated rings. The zero-order chi connectivity index (χ0) is 26.0. The van der Waals surface area contributed by atoms with E-state index in [9.17, 15) is 9.90 Å². The number of carbonyl (C=O) groups excluding carboxylic acids is 1. The molecule has 2 saturated carbocycles. The normalized spacial score (nSPS) is 37.5. The lowest BCUT2D eigenvalue weighted by Gasteiger charge is -2.51. The Kier molecular flexibility index (Phi) is 5.97. The lowest BCUT2D eigenvalue weighted by molar-refractivity contribution is -0.147. The van der Waals surface area contributed by atoms with Crippen molar-refractivity contribution in [2.75, 3.05) is 39.3 Å². The Labute approximate surface area is 225 Å². The molecule has 1 spiro atoms. The largest absolute Gasteiger partial charge is 0.462 e. The minimum absolute atomic E-state index is 0.000480. The van der Waals surface area contributed by atoms with Crippen molar-refractivity contribution in [3.63, 3.8) is 0 Å². The number of nitrogens with zero attached hydrogens (tertiary/aromatic N) is 2. The molecule has 1 N–H and O–H groups in total. The van der Waals surface area contributed by atoms with E-state index in [4.69, 9.17) is 9.47 Å². The van der Waals surface area contributed by atoms with E-state index in [1.807, 2.05) is 60.7 Å². The molecule has 3 heterocycles. The van der Waals surface area contributed by atoms with E-state index in [0.29, 0.717) is 11.8 Å². The fourth-order valence-electron chi connectivity index (χ4n) is 8.57. The van der Waals surface area contributed by atoms with Gasteiger partial charge in [-0.3, -0.25) is 14.6 Å². The second kappa shape index (κ2) is 9.16. The Balaban J connectivity index is 1.05. The van der Waals surface area contributed by atoms with Crippen LogP contribution in [0.4, 0.5) is 0 Å². The van der Waals surface area contributed by atoms with E-state index < -0.39 is 5.72 Å². The van der Waals surface area contributed by atoms with Gasteiger partial charge < -0.3 is 14.6 Å². The van der Waals surface area contributed by atoms with Crippen molar-refractivity contribution >= 4 is 5.97 Å².